The molecule has 102 valence electrons. The molecule has 0 fully saturated rings. The predicted molar refractivity (Wildman–Crippen MR) is 66.7 cm³/mol. The van der Waals surface area contributed by atoms with Crippen molar-refractivity contribution in [1.82, 2.24) is 4.31 Å². The van der Waals surface area contributed by atoms with Crippen molar-refractivity contribution in [2.24, 2.45) is 0 Å². The molecule has 0 bridgehead atoms. The highest BCUT2D eigenvalue weighted by atomic mass is 35.5. The van der Waals surface area contributed by atoms with Crippen LogP contribution in [0.1, 0.15) is 5.56 Å². The van der Waals surface area contributed by atoms with Crippen LogP contribution in [0.15, 0.2) is 29.2 Å². The molecule has 0 spiro atoms. The number of nitrogens with zero attached hydrogens (tertiary/aromatic N) is 1. The predicted octanol–water partition coefficient (Wildman–Crippen LogP) is 2.49. The molecule has 3 nitrogen and oxygen atoms in total. The van der Waals surface area contributed by atoms with E-state index < -0.39 is 23.0 Å². The average molecular weight is 298 g/mol. The Morgan fingerprint density at radius 3 is 2.56 bits per heavy atom. The first-order chi connectivity index (χ1) is 8.37. The zero-order chi connectivity index (χ0) is 13.8. The van der Waals surface area contributed by atoms with Gasteiger partial charge in [-0.2, -0.15) is 4.31 Å². The van der Waals surface area contributed by atoms with Crippen LogP contribution in [0.5, 0.6) is 0 Å². The van der Waals surface area contributed by atoms with Gasteiger partial charge in [0.1, 0.15) is 0 Å². The lowest BCUT2D eigenvalue weighted by molar-refractivity contribution is 0.121. The summed E-state index contributed by atoms with van der Waals surface area (Å²) in [5.41, 5.74) is 0.749. The van der Waals surface area contributed by atoms with E-state index in [0.717, 1.165) is 5.56 Å². The number of rotatable bonds is 6. The highest BCUT2D eigenvalue weighted by molar-refractivity contribution is 7.89. The molecular weight excluding hydrogens is 284 g/mol. The Morgan fingerprint density at radius 2 is 2.06 bits per heavy atom. The average Bonchev–Trinajstić information content (AvgIpc) is 2.28. The van der Waals surface area contributed by atoms with Gasteiger partial charge < -0.3 is 0 Å². The second-order valence-electron chi connectivity index (χ2n) is 3.76. The van der Waals surface area contributed by atoms with Crippen LogP contribution in [-0.4, -0.2) is 38.1 Å². The molecule has 0 unspecified atom stereocenters. The first-order valence-corrected chi connectivity index (χ1v) is 7.26. The van der Waals surface area contributed by atoms with Gasteiger partial charge in [-0.05, 0) is 24.6 Å². The van der Waals surface area contributed by atoms with E-state index in [2.05, 4.69) is 0 Å². The fourth-order valence-electron chi connectivity index (χ4n) is 1.48. The monoisotopic (exact) mass is 297 g/mol. The third kappa shape index (κ3) is 3.90. The second-order valence-corrected chi connectivity index (χ2v) is 6.08. The number of benzene rings is 1. The molecule has 0 aromatic heterocycles. The van der Waals surface area contributed by atoms with Gasteiger partial charge in [0.05, 0.1) is 11.4 Å². The zero-order valence-corrected chi connectivity index (χ0v) is 11.4. The van der Waals surface area contributed by atoms with Crippen molar-refractivity contribution in [3.8, 4) is 0 Å². The van der Waals surface area contributed by atoms with E-state index in [1.807, 2.05) is 0 Å². The molecule has 0 saturated carbocycles. The summed E-state index contributed by atoms with van der Waals surface area (Å²) in [5, 5.41) is 0. The van der Waals surface area contributed by atoms with Gasteiger partial charge in [-0.1, -0.05) is 12.1 Å². The number of hydrogen-bond donors (Lipinski definition) is 0. The Bertz CT molecular complexity index is 494. The van der Waals surface area contributed by atoms with Gasteiger partial charge in [-0.3, -0.25) is 0 Å². The molecule has 0 radical (unpaired) electrons. The van der Waals surface area contributed by atoms with Gasteiger partial charge in [0.2, 0.25) is 10.0 Å². The minimum Gasteiger partial charge on any atom is -0.209 e. The van der Waals surface area contributed by atoms with E-state index in [0.29, 0.717) is 4.31 Å². The third-order valence-corrected chi connectivity index (χ3v) is 4.33. The minimum absolute atomic E-state index is 0.00765. The second kappa shape index (κ2) is 6.45. The fraction of sp³-hybridized carbons (Fsp3) is 0.455. The summed E-state index contributed by atoms with van der Waals surface area (Å²) in [6.07, 6.45) is -2.73. The lowest BCUT2D eigenvalue weighted by atomic mass is 10.2. The first-order valence-electron chi connectivity index (χ1n) is 5.29. The van der Waals surface area contributed by atoms with Crippen LogP contribution in [0, 0.1) is 6.92 Å². The van der Waals surface area contributed by atoms with Crippen LogP contribution in [0.2, 0.25) is 0 Å². The third-order valence-electron chi connectivity index (χ3n) is 2.30. The molecular formula is C11H14ClF2NO2S. The van der Waals surface area contributed by atoms with E-state index in [1.165, 1.54) is 12.1 Å². The molecule has 18 heavy (non-hydrogen) atoms. The highest BCUT2D eigenvalue weighted by Gasteiger charge is 2.26. The minimum atomic E-state index is -3.91. The van der Waals surface area contributed by atoms with E-state index in [9.17, 15) is 17.2 Å². The molecule has 0 aliphatic carbocycles. The summed E-state index contributed by atoms with van der Waals surface area (Å²) in [7, 11) is -3.91. The van der Waals surface area contributed by atoms with E-state index >= 15 is 0 Å². The van der Waals surface area contributed by atoms with Gasteiger partial charge in [0.25, 0.3) is 6.43 Å². The Hall–Kier alpha value is -0.720. The van der Waals surface area contributed by atoms with Crippen molar-refractivity contribution < 1.29 is 17.2 Å². The summed E-state index contributed by atoms with van der Waals surface area (Å²) < 4.78 is 49.8. The maximum absolute atomic E-state index is 12.4. The van der Waals surface area contributed by atoms with Crippen LogP contribution < -0.4 is 0 Å². The van der Waals surface area contributed by atoms with E-state index in [1.54, 1.807) is 19.1 Å². The molecule has 0 heterocycles. The van der Waals surface area contributed by atoms with Crippen LogP contribution in [0.3, 0.4) is 0 Å². The largest absolute Gasteiger partial charge is 0.252 e. The SMILES string of the molecule is Cc1cccc(S(=O)(=O)N(CCCl)CC(F)F)c1. The highest BCUT2D eigenvalue weighted by Crippen LogP contribution is 2.18. The van der Waals surface area contributed by atoms with Crippen molar-refractivity contribution >= 4 is 21.6 Å². The number of aryl methyl sites for hydroxylation is 1. The Labute approximate surface area is 110 Å². The van der Waals surface area contributed by atoms with E-state index in [4.69, 9.17) is 11.6 Å². The van der Waals surface area contributed by atoms with Crippen LogP contribution in [-0.2, 0) is 10.0 Å². The topological polar surface area (TPSA) is 37.4 Å². The quantitative estimate of drug-likeness (QED) is 0.757. The first kappa shape index (κ1) is 15.3. The van der Waals surface area contributed by atoms with Gasteiger partial charge in [-0.15, -0.1) is 11.6 Å². The lowest BCUT2D eigenvalue weighted by Gasteiger charge is -2.20. The summed E-state index contributed by atoms with van der Waals surface area (Å²) >= 11 is 5.45. The molecule has 0 amide bonds. The summed E-state index contributed by atoms with van der Waals surface area (Å²) in [6.45, 7) is 0.753. The van der Waals surface area contributed by atoms with Gasteiger partial charge >= 0.3 is 0 Å². The number of hydrogen-bond acceptors (Lipinski definition) is 2. The van der Waals surface area contributed by atoms with Crippen LogP contribution >= 0.6 is 11.6 Å². The van der Waals surface area contributed by atoms with Crippen molar-refractivity contribution in [3.05, 3.63) is 29.8 Å². The molecule has 1 aromatic rings. The molecule has 0 saturated heterocycles. The number of sulfonamides is 1. The molecule has 1 aromatic carbocycles. The number of halogens is 3. The maximum atomic E-state index is 12.4. The van der Waals surface area contributed by atoms with E-state index in [-0.39, 0.29) is 17.3 Å². The van der Waals surface area contributed by atoms with Crippen LogP contribution in [0.25, 0.3) is 0 Å². The standard InChI is InChI=1S/C11H14ClF2NO2S/c1-9-3-2-4-10(7-9)18(16,17)15(6-5-12)8-11(13)14/h2-4,7,11H,5-6,8H2,1H3. The van der Waals surface area contributed by atoms with Crippen LogP contribution in [0.4, 0.5) is 8.78 Å². The van der Waals surface area contributed by atoms with Crippen molar-refractivity contribution in [1.29, 1.82) is 0 Å². The summed E-state index contributed by atoms with van der Waals surface area (Å²) in [5.74, 6) is -0.0300. The Balaban J connectivity index is 3.08. The molecule has 0 atom stereocenters. The van der Waals surface area contributed by atoms with Gasteiger partial charge in [-0.25, -0.2) is 17.2 Å². The van der Waals surface area contributed by atoms with Gasteiger partial charge in [0.15, 0.2) is 0 Å². The molecule has 0 aliphatic heterocycles. The van der Waals surface area contributed by atoms with Crippen molar-refractivity contribution in [2.45, 2.75) is 18.2 Å². The normalized spacial score (nSPS) is 12.3. The Morgan fingerprint density at radius 1 is 1.39 bits per heavy atom. The molecule has 7 heteroatoms. The van der Waals surface area contributed by atoms with Gasteiger partial charge in [0, 0.05) is 12.4 Å². The molecule has 0 N–H and O–H groups in total. The molecule has 1 rings (SSSR count). The maximum Gasteiger partial charge on any atom is 0.252 e. The smallest absolute Gasteiger partial charge is 0.209 e. The fourth-order valence-corrected chi connectivity index (χ4v) is 3.31. The summed E-state index contributed by atoms with van der Waals surface area (Å²) in [4.78, 5) is 0.00765. The van der Waals surface area contributed by atoms with Crippen molar-refractivity contribution in [2.75, 3.05) is 19.0 Å². The zero-order valence-electron chi connectivity index (χ0n) is 9.81. The number of alkyl halides is 3. The van der Waals surface area contributed by atoms with Crippen molar-refractivity contribution in [3.63, 3.8) is 0 Å². The lowest BCUT2D eigenvalue weighted by Crippen LogP contribution is -2.36. The molecule has 0 aliphatic rings. The Kier molecular flexibility index (Phi) is 5.49. The summed E-state index contributed by atoms with van der Waals surface area (Å²) in [6, 6.07) is 6.14.